The number of ether oxygens (including phenoxy) is 1. The molecule has 0 spiro atoms. The largest absolute Gasteiger partial charge is 0.452 e. The molecule has 6 nitrogen and oxygen atoms in total. The molecule has 3 aromatic heterocycles. The molecule has 0 saturated carbocycles. The zero-order chi connectivity index (χ0) is 27.7. The number of aryl methyl sites for hydroxylation is 3. The fraction of sp³-hybridized carbons (Fsp3) is 0.161. The van der Waals surface area contributed by atoms with Gasteiger partial charge in [0.25, 0.3) is 0 Å². The molecule has 39 heavy (non-hydrogen) atoms. The Balaban J connectivity index is 1.40. The van der Waals surface area contributed by atoms with Crippen molar-refractivity contribution in [2.75, 3.05) is 0 Å². The van der Waals surface area contributed by atoms with Gasteiger partial charge in [0, 0.05) is 42.3 Å². The summed E-state index contributed by atoms with van der Waals surface area (Å²) in [6.45, 7) is 5.43. The Hall–Kier alpha value is -4.72. The van der Waals surface area contributed by atoms with E-state index in [1.807, 2.05) is 13.0 Å². The normalized spacial score (nSPS) is 11.1. The van der Waals surface area contributed by atoms with Crippen molar-refractivity contribution < 1.29 is 18.3 Å². The number of rotatable bonds is 7. The maximum Gasteiger partial charge on any atom is 0.200 e. The highest BCUT2D eigenvalue weighted by Crippen LogP contribution is 2.30. The van der Waals surface area contributed by atoms with Gasteiger partial charge in [0.05, 0.1) is 11.1 Å². The number of hydrogen-bond acceptors (Lipinski definition) is 5. The van der Waals surface area contributed by atoms with Crippen molar-refractivity contribution in [1.29, 1.82) is 0 Å². The minimum absolute atomic E-state index is 0.0256. The summed E-state index contributed by atoms with van der Waals surface area (Å²) in [5.74, 6) is -1.20. The van der Waals surface area contributed by atoms with Crippen LogP contribution in [0.15, 0.2) is 71.9 Å². The average Bonchev–Trinajstić information content (AvgIpc) is 2.91. The molecule has 196 valence electrons. The Kier molecular flexibility index (Phi) is 7.02. The van der Waals surface area contributed by atoms with E-state index in [4.69, 9.17) is 4.74 Å². The summed E-state index contributed by atoms with van der Waals surface area (Å²) in [7, 11) is 0. The van der Waals surface area contributed by atoms with Crippen LogP contribution in [0.5, 0.6) is 11.5 Å². The van der Waals surface area contributed by atoms with Crippen LogP contribution in [0.4, 0.5) is 8.78 Å². The number of carbonyl (C=O) groups excluding carboxylic acids is 1. The van der Waals surface area contributed by atoms with Gasteiger partial charge in [0.1, 0.15) is 11.3 Å². The van der Waals surface area contributed by atoms with Crippen LogP contribution < -0.4 is 10.2 Å². The van der Waals surface area contributed by atoms with Crippen molar-refractivity contribution in [3.05, 3.63) is 117 Å². The third-order valence-corrected chi connectivity index (χ3v) is 6.62. The van der Waals surface area contributed by atoms with Crippen LogP contribution in [0.1, 0.15) is 39.7 Å². The Morgan fingerprint density at radius 1 is 0.974 bits per heavy atom. The minimum atomic E-state index is -0.657. The van der Waals surface area contributed by atoms with Gasteiger partial charge in [-0.05, 0) is 72.9 Å². The molecule has 0 bridgehead atoms. The molecule has 5 rings (SSSR count). The summed E-state index contributed by atoms with van der Waals surface area (Å²) in [5.41, 5.74) is 4.03. The van der Waals surface area contributed by atoms with E-state index in [1.54, 1.807) is 38.4 Å². The summed E-state index contributed by atoms with van der Waals surface area (Å²) in [6.07, 6.45) is 5.29. The summed E-state index contributed by atoms with van der Waals surface area (Å²) in [6, 6.07) is 11.9. The molecular weight excluding hydrogens is 500 g/mol. The van der Waals surface area contributed by atoms with Crippen molar-refractivity contribution >= 4 is 16.8 Å². The van der Waals surface area contributed by atoms with Crippen molar-refractivity contribution in [3.8, 4) is 22.6 Å². The maximum atomic E-state index is 15.0. The van der Waals surface area contributed by atoms with Crippen LogP contribution in [0, 0.1) is 25.5 Å². The fourth-order valence-electron chi connectivity index (χ4n) is 4.52. The van der Waals surface area contributed by atoms with Crippen molar-refractivity contribution in [1.82, 2.24) is 15.0 Å². The molecule has 3 heterocycles. The molecule has 5 aromatic rings. The third-order valence-electron chi connectivity index (χ3n) is 6.62. The minimum Gasteiger partial charge on any atom is -0.452 e. The Morgan fingerprint density at radius 2 is 1.79 bits per heavy atom. The summed E-state index contributed by atoms with van der Waals surface area (Å²) >= 11 is 0. The van der Waals surface area contributed by atoms with Gasteiger partial charge >= 0.3 is 0 Å². The molecule has 0 amide bonds. The average molecular weight is 526 g/mol. The molecule has 0 saturated heterocycles. The number of pyridine rings is 3. The maximum absolute atomic E-state index is 15.0. The SMILES string of the molecule is CCc1cnc2c(Oc3ccc(CC(=O)c4c[nH]c(C)c(-c5ccc(F)cc5C)c4=O)cc3F)ccnc2c1. The first-order valence-electron chi connectivity index (χ1n) is 12.5. The molecule has 0 aliphatic heterocycles. The standard InChI is InChI=1S/C31H25F2N3O3/c1-4-19-13-25-30(36-15-19)28(9-10-34-25)39-27-8-5-20(12-24(27)33)14-26(37)23-16-35-18(3)29(31(23)38)22-7-6-21(32)11-17(22)2/h5-13,15-16H,4,14H2,1-3H3,(H,35,38). The number of halogens is 2. The highest BCUT2D eigenvalue weighted by molar-refractivity contribution is 5.98. The summed E-state index contributed by atoms with van der Waals surface area (Å²) < 4.78 is 34.5. The lowest BCUT2D eigenvalue weighted by Gasteiger charge is -2.12. The van der Waals surface area contributed by atoms with Gasteiger partial charge in [-0.2, -0.15) is 0 Å². The lowest BCUT2D eigenvalue weighted by atomic mass is 9.95. The number of aromatic nitrogens is 3. The van der Waals surface area contributed by atoms with E-state index in [-0.39, 0.29) is 17.7 Å². The molecular formula is C31H25F2N3O3. The zero-order valence-electron chi connectivity index (χ0n) is 21.6. The third kappa shape index (κ3) is 5.18. The number of benzene rings is 2. The molecule has 0 fully saturated rings. The topological polar surface area (TPSA) is 84.9 Å². The lowest BCUT2D eigenvalue weighted by Crippen LogP contribution is -2.20. The van der Waals surface area contributed by atoms with E-state index < -0.39 is 22.8 Å². The second-order valence-corrected chi connectivity index (χ2v) is 9.33. The molecule has 0 aliphatic rings. The first kappa shape index (κ1) is 25.9. The van der Waals surface area contributed by atoms with Gasteiger partial charge < -0.3 is 9.72 Å². The Labute approximate surface area is 223 Å². The van der Waals surface area contributed by atoms with Gasteiger partial charge in [-0.15, -0.1) is 0 Å². The van der Waals surface area contributed by atoms with Crippen LogP contribution in [0.3, 0.4) is 0 Å². The van der Waals surface area contributed by atoms with Crippen LogP contribution >= 0.6 is 0 Å². The Bertz CT molecular complexity index is 1800. The highest BCUT2D eigenvalue weighted by atomic mass is 19.1. The molecule has 8 heteroatoms. The van der Waals surface area contributed by atoms with E-state index in [0.29, 0.717) is 44.7 Å². The number of H-pyrrole nitrogens is 1. The lowest BCUT2D eigenvalue weighted by molar-refractivity contribution is 0.0991. The predicted molar refractivity (Wildman–Crippen MR) is 145 cm³/mol. The number of nitrogens with one attached hydrogen (secondary N) is 1. The van der Waals surface area contributed by atoms with Crippen LogP contribution in [0.2, 0.25) is 0 Å². The summed E-state index contributed by atoms with van der Waals surface area (Å²) in [5, 5.41) is 0. The number of carbonyl (C=O) groups is 1. The van der Waals surface area contributed by atoms with Gasteiger partial charge in [0.15, 0.2) is 28.5 Å². The monoisotopic (exact) mass is 525 g/mol. The van der Waals surface area contributed by atoms with Crippen molar-refractivity contribution in [3.63, 3.8) is 0 Å². The molecule has 1 N–H and O–H groups in total. The van der Waals surface area contributed by atoms with E-state index in [1.165, 1.54) is 36.5 Å². The molecule has 0 unspecified atom stereocenters. The molecule has 2 aromatic carbocycles. The first-order valence-corrected chi connectivity index (χ1v) is 12.5. The van der Waals surface area contributed by atoms with E-state index in [2.05, 4.69) is 15.0 Å². The zero-order valence-corrected chi connectivity index (χ0v) is 21.6. The predicted octanol–water partition coefficient (Wildman–Crippen LogP) is 6.66. The quantitative estimate of drug-likeness (QED) is 0.240. The molecule has 0 atom stereocenters. The number of nitrogens with zero attached hydrogens (tertiary/aromatic N) is 2. The van der Waals surface area contributed by atoms with E-state index >= 15 is 4.39 Å². The number of ketones is 1. The molecule has 0 radical (unpaired) electrons. The van der Waals surface area contributed by atoms with Gasteiger partial charge in [-0.3, -0.25) is 19.6 Å². The van der Waals surface area contributed by atoms with Crippen molar-refractivity contribution in [2.45, 2.75) is 33.6 Å². The molecule has 0 aliphatic carbocycles. The van der Waals surface area contributed by atoms with Crippen molar-refractivity contribution in [2.24, 2.45) is 0 Å². The highest BCUT2D eigenvalue weighted by Gasteiger charge is 2.19. The van der Waals surface area contributed by atoms with Crippen LogP contribution in [-0.4, -0.2) is 20.7 Å². The smallest absolute Gasteiger partial charge is 0.200 e. The van der Waals surface area contributed by atoms with Crippen LogP contribution in [0.25, 0.3) is 22.2 Å². The summed E-state index contributed by atoms with van der Waals surface area (Å²) in [4.78, 5) is 38.1. The van der Waals surface area contributed by atoms with Gasteiger partial charge in [-0.1, -0.05) is 19.1 Å². The number of fused-ring (bicyclic) bond motifs is 1. The van der Waals surface area contributed by atoms with Crippen LogP contribution in [-0.2, 0) is 12.8 Å². The number of aromatic amines is 1. The van der Waals surface area contributed by atoms with Gasteiger partial charge in [-0.25, -0.2) is 8.78 Å². The van der Waals surface area contributed by atoms with E-state index in [0.717, 1.165) is 12.0 Å². The van der Waals surface area contributed by atoms with E-state index in [9.17, 15) is 14.0 Å². The number of Topliss-reactive ketones (excluding diaryl/α,β-unsaturated/α-hetero) is 1. The Morgan fingerprint density at radius 3 is 2.54 bits per heavy atom. The fourth-order valence-corrected chi connectivity index (χ4v) is 4.52. The number of hydrogen-bond donors (Lipinski definition) is 1. The van der Waals surface area contributed by atoms with Gasteiger partial charge in [0.2, 0.25) is 0 Å². The first-order chi connectivity index (χ1) is 18.7. The second-order valence-electron chi connectivity index (χ2n) is 9.33. The second kappa shape index (κ2) is 10.6.